The fraction of sp³-hybridized carbons (Fsp3) is 0.364. The number of hydrogen-bond donors (Lipinski definition) is 2. The summed E-state index contributed by atoms with van der Waals surface area (Å²) in [6, 6.07) is 6.86. The van der Waals surface area contributed by atoms with Crippen LogP contribution < -0.4 is 5.32 Å². The van der Waals surface area contributed by atoms with Gasteiger partial charge >= 0.3 is 0 Å². The number of thioether (sulfide) groups is 1. The minimum absolute atomic E-state index is 0.621. The lowest BCUT2D eigenvalue weighted by molar-refractivity contribution is 0.814. The van der Waals surface area contributed by atoms with Gasteiger partial charge in [-0.3, -0.25) is 5.10 Å². The van der Waals surface area contributed by atoms with E-state index in [1.54, 1.807) is 0 Å². The van der Waals surface area contributed by atoms with Gasteiger partial charge in [0.15, 0.2) is 0 Å². The summed E-state index contributed by atoms with van der Waals surface area (Å²) in [7, 11) is 0. The van der Waals surface area contributed by atoms with Gasteiger partial charge in [-0.15, -0.1) is 0 Å². The van der Waals surface area contributed by atoms with Crippen LogP contribution in [-0.4, -0.2) is 27.7 Å². The van der Waals surface area contributed by atoms with Crippen LogP contribution in [0.25, 0.3) is 10.9 Å². The molecule has 2 aromatic rings. The molecule has 0 spiro atoms. The molecule has 0 saturated carbocycles. The van der Waals surface area contributed by atoms with Crippen LogP contribution in [0.15, 0.2) is 24.4 Å². The van der Waals surface area contributed by atoms with Crippen molar-refractivity contribution < 1.29 is 0 Å². The Balaban J connectivity index is 1.92. The fourth-order valence-electron chi connectivity index (χ4n) is 1.96. The SMILES string of the molecule is c1cc(NC2CCSC2)c2cn[nH]c2c1. The summed E-state index contributed by atoms with van der Waals surface area (Å²) in [5.41, 5.74) is 2.31. The highest BCUT2D eigenvalue weighted by Crippen LogP contribution is 2.26. The third-order valence-electron chi connectivity index (χ3n) is 2.77. The van der Waals surface area contributed by atoms with Gasteiger partial charge in [-0.05, 0) is 24.3 Å². The molecule has 15 heavy (non-hydrogen) atoms. The number of rotatable bonds is 2. The monoisotopic (exact) mass is 219 g/mol. The van der Waals surface area contributed by atoms with Crippen LogP contribution in [0, 0.1) is 0 Å². The number of nitrogens with one attached hydrogen (secondary N) is 2. The minimum atomic E-state index is 0.621. The van der Waals surface area contributed by atoms with Gasteiger partial charge in [-0.1, -0.05) is 6.07 Å². The maximum Gasteiger partial charge on any atom is 0.0671 e. The van der Waals surface area contributed by atoms with Gasteiger partial charge in [0.1, 0.15) is 0 Å². The summed E-state index contributed by atoms with van der Waals surface area (Å²) in [5.74, 6) is 2.49. The lowest BCUT2D eigenvalue weighted by Crippen LogP contribution is -2.17. The van der Waals surface area contributed by atoms with E-state index in [0.29, 0.717) is 6.04 Å². The number of H-pyrrole nitrogens is 1. The van der Waals surface area contributed by atoms with E-state index >= 15 is 0 Å². The molecule has 1 unspecified atom stereocenters. The molecule has 78 valence electrons. The zero-order valence-corrected chi connectivity index (χ0v) is 9.18. The van der Waals surface area contributed by atoms with Crippen molar-refractivity contribution in [2.75, 3.05) is 16.8 Å². The number of anilines is 1. The smallest absolute Gasteiger partial charge is 0.0671 e. The molecular formula is C11H13N3S. The van der Waals surface area contributed by atoms with Crippen molar-refractivity contribution in [2.24, 2.45) is 0 Å². The molecule has 1 aliphatic heterocycles. The zero-order chi connectivity index (χ0) is 10.1. The average Bonchev–Trinajstić information content (AvgIpc) is 2.87. The molecule has 4 heteroatoms. The zero-order valence-electron chi connectivity index (χ0n) is 8.36. The van der Waals surface area contributed by atoms with Crippen molar-refractivity contribution >= 4 is 28.4 Å². The van der Waals surface area contributed by atoms with Crippen LogP contribution in [0.1, 0.15) is 6.42 Å². The molecule has 1 aliphatic rings. The third kappa shape index (κ3) is 1.69. The van der Waals surface area contributed by atoms with Gasteiger partial charge in [0, 0.05) is 22.9 Å². The Morgan fingerprint density at radius 1 is 1.47 bits per heavy atom. The first kappa shape index (κ1) is 9.09. The van der Waals surface area contributed by atoms with E-state index in [1.165, 1.54) is 29.0 Å². The van der Waals surface area contributed by atoms with Crippen molar-refractivity contribution in [3.8, 4) is 0 Å². The normalized spacial score (nSPS) is 20.9. The number of fused-ring (bicyclic) bond motifs is 1. The first-order chi connectivity index (χ1) is 7.43. The van der Waals surface area contributed by atoms with Crippen LogP contribution in [0.4, 0.5) is 5.69 Å². The first-order valence-electron chi connectivity index (χ1n) is 5.20. The minimum Gasteiger partial charge on any atom is -0.381 e. The summed E-state index contributed by atoms with van der Waals surface area (Å²) >= 11 is 2.02. The highest BCUT2D eigenvalue weighted by Gasteiger charge is 2.15. The second-order valence-corrected chi connectivity index (χ2v) is 4.99. The van der Waals surface area contributed by atoms with Crippen molar-refractivity contribution in [3.05, 3.63) is 24.4 Å². The molecule has 0 bridgehead atoms. The first-order valence-corrected chi connectivity index (χ1v) is 6.35. The molecule has 1 aromatic carbocycles. The van der Waals surface area contributed by atoms with Crippen molar-refractivity contribution in [1.29, 1.82) is 0 Å². The van der Waals surface area contributed by atoms with Gasteiger partial charge in [0.2, 0.25) is 0 Å². The summed E-state index contributed by atoms with van der Waals surface area (Å²) < 4.78 is 0. The average molecular weight is 219 g/mol. The van der Waals surface area contributed by atoms with Crippen molar-refractivity contribution in [2.45, 2.75) is 12.5 Å². The Kier molecular flexibility index (Phi) is 2.29. The van der Waals surface area contributed by atoms with Gasteiger partial charge in [-0.2, -0.15) is 16.9 Å². The quantitative estimate of drug-likeness (QED) is 0.815. The Labute approximate surface area is 92.6 Å². The number of benzene rings is 1. The van der Waals surface area contributed by atoms with E-state index in [4.69, 9.17) is 0 Å². The molecule has 2 N–H and O–H groups in total. The van der Waals surface area contributed by atoms with E-state index in [0.717, 1.165) is 5.52 Å². The Bertz CT molecular complexity index is 460. The Morgan fingerprint density at radius 3 is 3.33 bits per heavy atom. The molecule has 1 fully saturated rings. The third-order valence-corrected chi connectivity index (χ3v) is 3.94. The second kappa shape index (κ2) is 3.77. The fourth-order valence-corrected chi connectivity index (χ4v) is 3.11. The van der Waals surface area contributed by atoms with Crippen LogP contribution >= 0.6 is 11.8 Å². The topological polar surface area (TPSA) is 40.7 Å². The number of aromatic nitrogens is 2. The molecule has 0 aliphatic carbocycles. The maximum absolute atomic E-state index is 4.07. The van der Waals surface area contributed by atoms with Gasteiger partial charge < -0.3 is 5.32 Å². The summed E-state index contributed by atoms with van der Waals surface area (Å²) in [5, 5.41) is 11.8. The molecule has 3 nitrogen and oxygen atoms in total. The molecule has 0 radical (unpaired) electrons. The van der Waals surface area contributed by atoms with Crippen molar-refractivity contribution in [3.63, 3.8) is 0 Å². The number of nitrogens with zero attached hydrogens (tertiary/aromatic N) is 1. The molecule has 0 amide bonds. The number of aromatic amines is 1. The highest BCUT2D eigenvalue weighted by molar-refractivity contribution is 7.99. The Hall–Kier alpha value is -1.16. The van der Waals surface area contributed by atoms with Gasteiger partial charge in [-0.25, -0.2) is 0 Å². The molecule has 1 aromatic heterocycles. The summed E-state index contributed by atoms with van der Waals surface area (Å²) in [6.45, 7) is 0. The number of hydrogen-bond acceptors (Lipinski definition) is 3. The molecule has 1 saturated heterocycles. The van der Waals surface area contributed by atoms with Gasteiger partial charge in [0.05, 0.1) is 11.7 Å². The van der Waals surface area contributed by atoms with E-state index in [-0.39, 0.29) is 0 Å². The molecule has 1 atom stereocenters. The van der Waals surface area contributed by atoms with Crippen LogP contribution in [0.3, 0.4) is 0 Å². The van der Waals surface area contributed by atoms with E-state index < -0.39 is 0 Å². The molecule has 3 rings (SSSR count). The largest absolute Gasteiger partial charge is 0.381 e. The molecular weight excluding hydrogens is 206 g/mol. The van der Waals surface area contributed by atoms with E-state index in [1.807, 2.05) is 18.0 Å². The lowest BCUT2D eigenvalue weighted by atomic mass is 10.2. The van der Waals surface area contributed by atoms with E-state index in [9.17, 15) is 0 Å². The maximum atomic E-state index is 4.07. The second-order valence-electron chi connectivity index (χ2n) is 3.84. The van der Waals surface area contributed by atoms with Crippen LogP contribution in [0.5, 0.6) is 0 Å². The Morgan fingerprint density at radius 2 is 2.47 bits per heavy atom. The van der Waals surface area contributed by atoms with Crippen LogP contribution in [-0.2, 0) is 0 Å². The van der Waals surface area contributed by atoms with E-state index in [2.05, 4.69) is 33.7 Å². The summed E-state index contributed by atoms with van der Waals surface area (Å²) in [4.78, 5) is 0. The van der Waals surface area contributed by atoms with Crippen LogP contribution in [0.2, 0.25) is 0 Å². The predicted molar refractivity (Wildman–Crippen MR) is 65.4 cm³/mol. The molecule has 2 heterocycles. The van der Waals surface area contributed by atoms with Gasteiger partial charge in [0.25, 0.3) is 0 Å². The standard InChI is InChI=1S/C11H13N3S/c1-2-10(13-8-4-5-15-7-8)9-6-12-14-11(9)3-1/h1-3,6,8,13H,4-5,7H2,(H,12,14). The lowest BCUT2D eigenvalue weighted by Gasteiger charge is -2.13. The summed E-state index contributed by atoms with van der Waals surface area (Å²) in [6.07, 6.45) is 3.15. The van der Waals surface area contributed by atoms with Crippen molar-refractivity contribution in [1.82, 2.24) is 10.2 Å². The predicted octanol–water partition coefficient (Wildman–Crippen LogP) is 2.48. The highest BCUT2D eigenvalue weighted by atomic mass is 32.2.